The highest BCUT2D eigenvalue weighted by molar-refractivity contribution is 7.12. The topological polar surface area (TPSA) is 40.9 Å². The zero-order valence-electron chi connectivity index (χ0n) is 7.70. The highest BCUT2D eigenvalue weighted by Gasteiger charge is 2.19. The number of hydrogen-bond acceptors (Lipinski definition) is 3. The van der Waals surface area contributed by atoms with Crippen molar-refractivity contribution < 1.29 is 4.79 Å². The number of carbonyl (C=O) groups excluding carboxylic acids is 1. The Morgan fingerprint density at radius 1 is 1.77 bits per heavy atom. The van der Waals surface area contributed by atoms with Crippen LogP contribution in [0.1, 0.15) is 28.6 Å². The average molecular weight is 193 g/mol. The van der Waals surface area contributed by atoms with E-state index in [4.69, 9.17) is 5.26 Å². The molecule has 13 heavy (non-hydrogen) atoms. The Hall–Kier alpha value is -1.14. The summed E-state index contributed by atoms with van der Waals surface area (Å²) in [6.07, 6.45) is 0.590. The van der Waals surface area contributed by atoms with Gasteiger partial charge in [0.05, 0.1) is 10.9 Å². The lowest BCUT2D eigenvalue weighted by Crippen LogP contribution is -2.11. The summed E-state index contributed by atoms with van der Waals surface area (Å²) in [5.41, 5.74) is 0.976. The van der Waals surface area contributed by atoms with E-state index in [1.54, 1.807) is 0 Å². The molecular formula is C10H11NOS. The van der Waals surface area contributed by atoms with Crippen LogP contribution in [-0.2, 0) is 0 Å². The van der Waals surface area contributed by atoms with Crippen molar-refractivity contribution in [2.24, 2.45) is 5.92 Å². The first-order valence-corrected chi connectivity index (χ1v) is 5.06. The number of Topliss-reactive ketones (excluding diaryl/α,β-unsaturated/α-hetero) is 1. The third-order valence-electron chi connectivity index (χ3n) is 1.97. The van der Waals surface area contributed by atoms with Crippen molar-refractivity contribution in [2.45, 2.75) is 20.3 Å². The van der Waals surface area contributed by atoms with Crippen molar-refractivity contribution in [1.29, 1.82) is 5.26 Å². The van der Waals surface area contributed by atoms with Gasteiger partial charge in [-0.1, -0.05) is 6.92 Å². The van der Waals surface area contributed by atoms with E-state index >= 15 is 0 Å². The minimum Gasteiger partial charge on any atom is -0.292 e. The maximum atomic E-state index is 11.7. The van der Waals surface area contributed by atoms with Gasteiger partial charge in [0.1, 0.15) is 5.92 Å². The van der Waals surface area contributed by atoms with Gasteiger partial charge in [-0.15, -0.1) is 11.3 Å². The van der Waals surface area contributed by atoms with Crippen molar-refractivity contribution in [2.75, 3.05) is 0 Å². The number of nitriles is 1. The second kappa shape index (κ2) is 4.20. The summed E-state index contributed by atoms with van der Waals surface area (Å²) in [6.45, 7) is 3.75. The summed E-state index contributed by atoms with van der Waals surface area (Å²) in [4.78, 5) is 12.4. The molecule has 1 rings (SSSR count). The van der Waals surface area contributed by atoms with E-state index in [1.807, 2.05) is 31.4 Å². The van der Waals surface area contributed by atoms with Crippen LogP contribution in [0.2, 0.25) is 0 Å². The molecule has 1 heterocycles. The summed E-state index contributed by atoms with van der Waals surface area (Å²) in [6, 6.07) is 3.93. The molecule has 0 fully saturated rings. The first kappa shape index (κ1) is 9.94. The normalized spacial score (nSPS) is 12.1. The van der Waals surface area contributed by atoms with Gasteiger partial charge in [0.25, 0.3) is 0 Å². The lowest BCUT2D eigenvalue weighted by Gasteiger charge is -2.02. The molecule has 0 radical (unpaired) electrons. The Morgan fingerprint density at radius 3 is 2.85 bits per heavy atom. The number of hydrogen-bond donors (Lipinski definition) is 0. The molecule has 0 aliphatic carbocycles. The van der Waals surface area contributed by atoms with Crippen LogP contribution >= 0.6 is 11.3 Å². The summed E-state index contributed by atoms with van der Waals surface area (Å²) >= 11 is 1.42. The highest BCUT2D eigenvalue weighted by Crippen LogP contribution is 2.20. The van der Waals surface area contributed by atoms with E-state index in [1.165, 1.54) is 11.3 Å². The van der Waals surface area contributed by atoms with Crippen LogP contribution in [-0.4, -0.2) is 5.78 Å². The summed E-state index contributed by atoms with van der Waals surface area (Å²) < 4.78 is 0. The maximum absolute atomic E-state index is 11.7. The third-order valence-corrected chi connectivity index (χ3v) is 3.00. The number of nitrogens with zero attached hydrogens (tertiary/aromatic N) is 1. The van der Waals surface area contributed by atoms with Gasteiger partial charge in [0, 0.05) is 0 Å². The number of aryl methyl sites for hydroxylation is 1. The Bertz CT molecular complexity index is 348. The fourth-order valence-electron chi connectivity index (χ4n) is 1.12. The van der Waals surface area contributed by atoms with Gasteiger partial charge in [0.2, 0.25) is 0 Å². The van der Waals surface area contributed by atoms with Crippen molar-refractivity contribution in [1.82, 2.24) is 0 Å². The Labute approximate surface area is 81.8 Å². The molecule has 1 aromatic heterocycles. The molecule has 0 aliphatic heterocycles. The van der Waals surface area contributed by atoms with Gasteiger partial charge in [0.15, 0.2) is 5.78 Å². The molecule has 68 valence electrons. The average Bonchev–Trinajstić information content (AvgIpc) is 2.53. The van der Waals surface area contributed by atoms with Crippen LogP contribution in [0, 0.1) is 24.2 Å². The molecule has 0 spiro atoms. The van der Waals surface area contributed by atoms with Crippen molar-refractivity contribution in [3.05, 3.63) is 21.9 Å². The molecule has 0 aromatic carbocycles. The molecule has 0 saturated carbocycles. The molecule has 0 saturated heterocycles. The van der Waals surface area contributed by atoms with Crippen LogP contribution in [0.3, 0.4) is 0 Å². The van der Waals surface area contributed by atoms with Crippen molar-refractivity contribution >= 4 is 17.1 Å². The molecule has 0 aliphatic rings. The fourth-order valence-corrected chi connectivity index (χ4v) is 2.04. The molecule has 0 amide bonds. The van der Waals surface area contributed by atoms with E-state index in [2.05, 4.69) is 0 Å². The molecule has 2 nitrogen and oxygen atoms in total. The largest absolute Gasteiger partial charge is 0.292 e. The lowest BCUT2D eigenvalue weighted by molar-refractivity contribution is 0.0950. The molecule has 1 atom stereocenters. The smallest absolute Gasteiger partial charge is 0.190 e. The molecule has 0 N–H and O–H groups in total. The minimum atomic E-state index is -0.475. The van der Waals surface area contributed by atoms with Crippen molar-refractivity contribution in [3.8, 4) is 6.07 Å². The summed E-state index contributed by atoms with van der Waals surface area (Å²) in [5.74, 6) is -0.505. The van der Waals surface area contributed by atoms with Crippen molar-refractivity contribution in [3.63, 3.8) is 0 Å². The lowest BCUT2D eigenvalue weighted by atomic mass is 10.0. The minimum absolute atomic E-state index is 0.0301. The van der Waals surface area contributed by atoms with E-state index < -0.39 is 5.92 Å². The first-order chi connectivity index (χ1) is 6.20. The Kier molecular flexibility index (Phi) is 3.21. The van der Waals surface area contributed by atoms with Gasteiger partial charge in [-0.3, -0.25) is 4.79 Å². The van der Waals surface area contributed by atoms with Crippen LogP contribution in [0.15, 0.2) is 11.4 Å². The van der Waals surface area contributed by atoms with Crippen LogP contribution in [0.25, 0.3) is 0 Å². The zero-order valence-corrected chi connectivity index (χ0v) is 8.52. The van der Waals surface area contributed by atoms with Gasteiger partial charge >= 0.3 is 0 Å². The van der Waals surface area contributed by atoms with Crippen LogP contribution < -0.4 is 0 Å². The second-order valence-electron chi connectivity index (χ2n) is 2.89. The Morgan fingerprint density at radius 2 is 2.46 bits per heavy atom. The monoisotopic (exact) mass is 193 g/mol. The molecule has 0 unspecified atom stereocenters. The zero-order chi connectivity index (χ0) is 9.84. The number of carbonyl (C=O) groups is 1. The summed E-state index contributed by atoms with van der Waals surface area (Å²) in [5, 5.41) is 10.6. The quantitative estimate of drug-likeness (QED) is 0.692. The first-order valence-electron chi connectivity index (χ1n) is 4.18. The van der Waals surface area contributed by atoms with E-state index in [0.29, 0.717) is 6.42 Å². The number of rotatable bonds is 3. The second-order valence-corrected chi connectivity index (χ2v) is 3.80. The summed E-state index contributed by atoms with van der Waals surface area (Å²) in [7, 11) is 0. The fraction of sp³-hybridized carbons (Fsp3) is 0.400. The van der Waals surface area contributed by atoms with Gasteiger partial charge in [-0.05, 0) is 30.4 Å². The Balaban J connectivity index is 2.92. The standard InChI is InChI=1S/C10H11NOS/c1-3-8(6-11)9(12)10-7(2)4-5-13-10/h4-5,8H,3H2,1-2H3/t8-/m0/s1. The third kappa shape index (κ3) is 1.96. The maximum Gasteiger partial charge on any atom is 0.190 e. The SMILES string of the molecule is CC[C@@H](C#N)C(=O)c1sccc1C. The molecular weight excluding hydrogens is 182 g/mol. The highest BCUT2D eigenvalue weighted by atomic mass is 32.1. The van der Waals surface area contributed by atoms with Gasteiger partial charge in [-0.25, -0.2) is 0 Å². The molecule has 0 bridgehead atoms. The van der Waals surface area contributed by atoms with E-state index in [-0.39, 0.29) is 5.78 Å². The predicted octanol–water partition coefficient (Wildman–Crippen LogP) is 2.79. The van der Waals surface area contributed by atoms with Gasteiger partial charge in [-0.2, -0.15) is 5.26 Å². The van der Waals surface area contributed by atoms with Gasteiger partial charge < -0.3 is 0 Å². The number of ketones is 1. The van der Waals surface area contributed by atoms with Crippen LogP contribution in [0.5, 0.6) is 0 Å². The van der Waals surface area contributed by atoms with E-state index in [9.17, 15) is 4.79 Å². The molecule has 1 aromatic rings. The number of thiophene rings is 1. The molecule has 3 heteroatoms. The predicted molar refractivity (Wildman–Crippen MR) is 52.8 cm³/mol. The van der Waals surface area contributed by atoms with E-state index in [0.717, 1.165) is 10.4 Å². The van der Waals surface area contributed by atoms with Crippen LogP contribution in [0.4, 0.5) is 0 Å².